The third kappa shape index (κ3) is 2.82. The molecule has 1 nitrogen and oxygen atoms in total. The van der Waals surface area contributed by atoms with Crippen molar-refractivity contribution in [2.75, 3.05) is 13.1 Å². The molecule has 1 aliphatic heterocycles. The first-order valence-electron chi connectivity index (χ1n) is 5.30. The van der Waals surface area contributed by atoms with Crippen LogP contribution in [0.15, 0.2) is 28.7 Å². The molecule has 0 saturated carbocycles. The van der Waals surface area contributed by atoms with Crippen LogP contribution in [0.1, 0.15) is 18.4 Å². The number of hydrogen-bond acceptors (Lipinski definition) is 1. The molecular formula is C12H16BrN. The van der Waals surface area contributed by atoms with E-state index in [1.54, 1.807) is 0 Å². The maximum absolute atomic E-state index is 3.46. The molecule has 14 heavy (non-hydrogen) atoms. The first-order chi connectivity index (χ1) is 6.84. The lowest BCUT2D eigenvalue weighted by atomic mass is 9.92. The molecule has 1 aromatic rings. The van der Waals surface area contributed by atoms with Gasteiger partial charge in [-0.15, -0.1) is 0 Å². The van der Waals surface area contributed by atoms with Crippen LogP contribution in [0, 0.1) is 5.92 Å². The van der Waals surface area contributed by atoms with Crippen molar-refractivity contribution in [2.24, 2.45) is 5.92 Å². The predicted molar refractivity (Wildman–Crippen MR) is 63.4 cm³/mol. The monoisotopic (exact) mass is 253 g/mol. The Morgan fingerprint density at radius 2 is 2.07 bits per heavy atom. The fourth-order valence-corrected chi connectivity index (χ4v) is 2.32. The molecule has 1 saturated heterocycles. The third-order valence-electron chi connectivity index (χ3n) is 2.84. The van der Waals surface area contributed by atoms with Crippen LogP contribution in [0.5, 0.6) is 0 Å². The summed E-state index contributed by atoms with van der Waals surface area (Å²) in [6.07, 6.45) is 3.94. The molecule has 1 fully saturated rings. The summed E-state index contributed by atoms with van der Waals surface area (Å²) >= 11 is 3.46. The Kier molecular flexibility index (Phi) is 3.60. The molecule has 0 aliphatic carbocycles. The number of benzene rings is 1. The van der Waals surface area contributed by atoms with Crippen molar-refractivity contribution in [2.45, 2.75) is 19.3 Å². The molecule has 1 atom stereocenters. The molecule has 0 aromatic heterocycles. The van der Waals surface area contributed by atoms with Crippen molar-refractivity contribution in [3.8, 4) is 0 Å². The van der Waals surface area contributed by atoms with Crippen LogP contribution in [0.4, 0.5) is 0 Å². The molecule has 2 heteroatoms. The highest BCUT2D eigenvalue weighted by atomic mass is 79.9. The van der Waals surface area contributed by atoms with E-state index >= 15 is 0 Å². The van der Waals surface area contributed by atoms with Crippen LogP contribution in [0.2, 0.25) is 0 Å². The minimum Gasteiger partial charge on any atom is -0.316 e. The van der Waals surface area contributed by atoms with Crippen LogP contribution < -0.4 is 5.32 Å². The van der Waals surface area contributed by atoms with Gasteiger partial charge in [-0.3, -0.25) is 0 Å². The van der Waals surface area contributed by atoms with Crippen LogP contribution in [0.3, 0.4) is 0 Å². The van der Waals surface area contributed by atoms with Gasteiger partial charge in [0, 0.05) is 4.47 Å². The zero-order valence-electron chi connectivity index (χ0n) is 8.30. The van der Waals surface area contributed by atoms with Gasteiger partial charge in [0.05, 0.1) is 0 Å². The van der Waals surface area contributed by atoms with Crippen molar-refractivity contribution in [1.82, 2.24) is 5.32 Å². The number of rotatable bonds is 2. The van der Waals surface area contributed by atoms with Crippen molar-refractivity contribution >= 4 is 15.9 Å². The second-order valence-electron chi connectivity index (χ2n) is 4.04. The highest BCUT2D eigenvalue weighted by Crippen LogP contribution is 2.18. The van der Waals surface area contributed by atoms with Crippen molar-refractivity contribution in [3.63, 3.8) is 0 Å². The first-order valence-corrected chi connectivity index (χ1v) is 6.09. The largest absolute Gasteiger partial charge is 0.316 e. The molecular weight excluding hydrogens is 238 g/mol. The molecule has 1 unspecified atom stereocenters. The van der Waals surface area contributed by atoms with Gasteiger partial charge in [0.1, 0.15) is 0 Å². The summed E-state index contributed by atoms with van der Waals surface area (Å²) in [5, 5.41) is 3.46. The lowest BCUT2D eigenvalue weighted by Crippen LogP contribution is -2.30. The lowest BCUT2D eigenvalue weighted by molar-refractivity contribution is 0.376. The van der Waals surface area contributed by atoms with Gasteiger partial charge in [-0.2, -0.15) is 0 Å². The summed E-state index contributed by atoms with van der Waals surface area (Å²) in [6, 6.07) is 8.70. The molecule has 1 heterocycles. The maximum Gasteiger partial charge on any atom is 0.0175 e. The molecule has 76 valence electrons. The Balaban J connectivity index is 1.92. The molecule has 2 rings (SSSR count). The minimum atomic E-state index is 0.838. The summed E-state index contributed by atoms with van der Waals surface area (Å²) in [6.45, 7) is 2.40. The zero-order valence-corrected chi connectivity index (χ0v) is 9.89. The van der Waals surface area contributed by atoms with Gasteiger partial charge < -0.3 is 5.32 Å². The summed E-state index contributed by atoms with van der Waals surface area (Å²) in [7, 11) is 0. The smallest absolute Gasteiger partial charge is 0.0175 e. The Labute approximate surface area is 94.0 Å². The van der Waals surface area contributed by atoms with Crippen LogP contribution in [-0.2, 0) is 6.42 Å². The second-order valence-corrected chi connectivity index (χ2v) is 4.96. The van der Waals surface area contributed by atoms with Gasteiger partial charge in [0.15, 0.2) is 0 Å². The van der Waals surface area contributed by atoms with Crippen molar-refractivity contribution < 1.29 is 0 Å². The van der Waals surface area contributed by atoms with Gasteiger partial charge in [0.25, 0.3) is 0 Å². The molecule has 0 amide bonds. The number of halogens is 1. The molecule has 0 bridgehead atoms. The summed E-state index contributed by atoms with van der Waals surface area (Å²) in [5.74, 6) is 0.838. The van der Waals surface area contributed by atoms with Crippen molar-refractivity contribution in [3.05, 3.63) is 34.3 Å². The Bertz CT molecular complexity index is 275. The van der Waals surface area contributed by atoms with Gasteiger partial charge >= 0.3 is 0 Å². The topological polar surface area (TPSA) is 12.0 Å². The summed E-state index contributed by atoms with van der Waals surface area (Å²) < 4.78 is 1.17. The Morgan fingerprint density at radius 3 is 2.71 bits per heavy atom. The van der Waals surface area contributed by atoms with Gasteiger partial charge in [-0.25, -0.2) is 0 Å². The molecule has 1 N–H and O–H groups in total. The SMILES string of the molecule is Brc1ccc(CC2CCCNC2)cc1. The minimum absolute atomic E-state index is 0.838. The normalized spacial score (nSPS) is 22.2. The number of hydrogen-bond donors (Lipinski definition) is 1. The average molecular weight is 254 g/mol. The van der Waals surface area contributed by atoms with E-state index in [4.69, 9.17) is 0 Å². The van der Waals surface area contributed by atoms with Crippen LogP contribution in [0.25, 0.3) is 0 Å². The number of piperidine rings is 1. The Hall–Kier alpha value is -0.340. The van der Waals surface area contributed by atoms with Gasteiger partial charge in [0.2, 0.25) is 0 Å². The molecule has 0 spiro atoms. The van der Waals surface area contributed by atoms with E-state index in [0.29, 0.717) is 0 Å². The van der Waals surface area contributed by atoms with E-state index in [9.17, 15) is 0 Å². The van der Waals surface area contributed by atoms with Crippen molar-refractivity contribution in [1.29, 1.82) is 0 Å². The highest BCUT2D eigenvalue weighted by Gasteiger charge is 2.12. The fourth-order valence-electron chi connectivity index (χ4n) is 2.05. The van der Waals surface area contributed by atoms with Gasteiger partial charge in [-0.05, 0) is 56.0 Å². The van der Waals surface area contributed by atoms with E-state index in [1.807, 2.05) is 0 Å². The lowest BCUT2D eigenvalue weighted by Gasteiger charge is -2.22. The Morgan fingerprint density at radius 1 is 1.29 bits per heavy atom. The van der Waals surface area contributed by atoms with E-state index in [1.165, 1.54) is 42.4 Å². The van der Waals surface area contributed by atoms with E-state index in [-0.39, 0.29) is 0 Å². The standard InChI is InChI=1S/C12H16BrN/c13-12-5-3-10(4-6-12)8-11-2-1-7-14-9-11/h3-6,11,14H,1-2,7-9H2. The third-order valence-corrected chi connectivity index (χ3v) is 3.37. The van der Waals surface area contributed by atoms with Crippen LogP contribution >= 0.6 is 15.9 Å². The fraction of sp³-hybridized carbons (Fsp3) is 0.500. The second kappa shape index (κ2) is 4.94. The van der Waals surface area contributed by atoms with Crippen LogP contribution in [-0.4, -0.2) is 13.1 Å². The number of nitrogens with one attached hydrogen (secondary N) is 1. The quantitative estimate of drug-likeness (QED) is 0.855. The summed E-state index contributed by atoms with van der Waals surface area (Å²) in [5.41, 5.74) is 1.46. The average Bonchev–Trinajstić information content (AvgIpc) is 2.23. The van der Waals surface area contributed by atoms with E-state index < -0.39 is 0 Å². The van der Waals surface area contributed by atoms with E-state index in [2.05, 4.69) is 45.5 Å². The molecule has 1 aromatic carbocycles. The maximum atomic E-state index is 3.46. The first kappa shape index (κ1) is 10.2. The molecule has 1 aliphatic rings. The predicted octanol–water partition coefficient (Wildman–Crippen LogP) is 2.99. The highest BCUT2D eigenvalue weighted by molar-refractivity contribution is 9.10. The zero-order chi connectivity index (χ0) is 9.80. The van der Waals surface area contributed by atoms with Gasteiger partial charge in [-0.1, -0.05) is 28.1 Å². The summed E-state index contributed by atoms with van der Waals surface area (Å²) in [4.78, 5) is 0. The van der Waals surface area contributed by atoms with E-state index in [0.717, 1.165) is 5.92 Å². The molecule has 0 radical (unpaired) electrons.